The first-order chi connectivity index (χ1) is 5.29. The number of hydrogen-bond donors (Lipinski definition) is 2. The van der Waals surface area contributed by atoms with Gasteiger partial charge in [0.1, 0.15) is 0 Å². The summed E-state index contributed by atoms with van der Waals surface area (Å²) in [6.45, 7) is 5.98. The van der Waals surface area contributed by atoms with E-state index in [9.17, 15) is 0 Å². The van der Waals surface area contributed by atoms with Gasteiger partial charge in [-0.05, 0) is 12.5 Å². The van der Waals surface area contributed by atoms with Gasteiger partial charge in [-0.2, -0.15) is 5.21 Å². The number of aromatic amines is 1. The van der Waals surface area contributed by atoms with Gasteiger partial charge in [-0.15, -0.1) is 10.2 Å². The summed E-state index contributed by atoms with van der Waals surface area (Å²) < 4.78 is 0. The van der Waals surface area contributed by atoms with Crippen molar-refractivity contribution in [2.75, 3.05) is 6.54 Å². The lowest BCUT2D eigenvalue weighted by Gasteiger charge is -2.03. The van der Waals surface area contributed by atoms with Crippen LogP contribution in [0, 0.1) is 5.92 Å². The van der Waals surface area contributed by atoms with Crippen molar-refractivity contribution in [3.05, 3.63) is 5.82 Å². The number of nitrogens with one attached hydrogen (secondary N) is 2. The van der Waals surface area contributed by atoms with E-state index in [0.717, 1.165) is 6.54 Å². The second-order valence-corrected chi connectivity index (χ2v) is 2.85. The summed E-state index contributed by atoms with van der Waals surface area (Å²) in [5.41, 5.74) is 0. The van der Waals surface area contributed by atoms with E-state index in [1.54, 1.807) is 0 Å². The number of rotatable bonds is 4. The maximum atomic E-state index is 3.80. The van der Waals surface area contributed by atoms with Crippen molar-refractivity contribution in [2.24, 2.45) is 5.92 Å². The van der Waals surface area contributed by atoms with Crippen LogP contribution < -0.4 is 5.32 Å². The monoisotopic (exact) mass is 155 g/mol. The van der Waals surface area contributed by atoms with Crippen LogP contribution in [0.5, 0.6) is 0 Å². The Bertz CT molecular complexity index is 181. The molecule has 0 aliphatic carbocycles. The fourth-order valence-electron chi connectivity index (χ4n) is 0.730. The standard InChI is InChI=1S/C6H13N5/c1-5(2)3-7-4-6-8-10-11-9-6/h5,7H,3-4H2,1-2H3,(H,8,9,10,11). The van der Waals surface area contributed by atoms with Crippen molar-refractivity contribution >= 4 is 0 Å². The molecule has 1 aromatic heterocycles. The molecular formula is C6H13N5. The average molecular weight is 155 g/mol. The summed E-state index contributed by atoms with van der Waals surface area (Å²) in [5.74, 6) is 1.37. The number of tetrazole rings is 1. The zero-order chi connectivity index (χ0) is 8.10. The van der Waals surface area contributed by atoms with Crippen LogP contribution in [0.3, 0.4) is 0 Å². The zero-order valence-electron chi connectivity index (χ0n) is 6.83. The molecule has 0 radical (unpaired) electrons. The molecule has 62 valence electrons. The Morgan fingerprint density at radius 3 is 2.91 bits per heavy atom. The molecular weight excluding hydrogens is 142 g/mol. The number of hydrogen-bond acceptors (Lipinski definition) is 4. The van der Waals surface area contributed by atoms with Crippen molar-refractivity contribution in [3.63, 3.8) is 0 Å². The Morgan fingerprint density at radius 1 is 1.55 bits per heavy atom. The zero-order valence-corrected chi connectivity index (χ0v) is 6.83. The highest BCUT2D eigenvalue weighted by molar-refractivity contribution is 4.73. The van der Waals surface area contributed by atoms with Gasteiger partial charge in [0.05, 0.1) is 6.54 Å². The summed E-state index contributed by atoms with van der Waals surface area (Å²) in [4.78, 5) is 0. The molecule has 11 heavy (non-hydrogen) atoms. The van der Waals surface area contributed by atoms with E-state index in [1.807, 2.05) is 0 Å². The van der Waals surface area contributed by atoms with Crippen molar-refractivity contribution in [1.29, 1.82) is 0 Å². The quantitative estimate of drug-likeness (QED) is 0.639. The van der Waals surface area contributed by atoms with Gasteiger partial charge in [0.25, 0.3) is 0 Å². The highest BCUT2D eigenvalue weighted by Crippen LogP contribution is 1.88. The van der Waals surface area contributed by atoms with E-state index in [1.165, 1.54) is 0 Å². The van der Waals surface area contributed by atoms with Gasteiger partial charge in [0.2, 0.25) is 0 Å². The Balaban J connectivity index is 2.14. The van der Waals surface area contributed by atoms with Crippen LogP contribution in [-0.2, 0) is 6.54 Å². The average Bonchev–Trinajstić information content (AvgIpc) is 2.39. The maximum absolute atomic E-state index is 3.80. The van der Waals surface area contributed by atoms with Crippen molar-refractivity contribution in [3.8, 4) is 0 Å². The molecule has 0 spiro atoms. The minimum atomic E-state index is 0.655. The molecule has 0 aromatic carbocycles. The molecule has 0 bridgehead atoms. The first-order valence-electron chi connectivity index (χ1n) is 3.72. The molecule has 0 atom stereocenters. The van der Waals surface area contributed by atoms with Gasteiger partial charge in [-0.1, -0.05) is 19.1 Å². The van der Waals surface area contributed by atoms with E-state index < -0.39 is 0 Å². The van der Waals surface area contributed by atoms with Gasteiger partial charge < -0.3 is 5.32 Å². The Kier molecular flexibility index (Phi) is 2.97. The fourth-order valence-corrected chi connectivity index (χ4v) is 0.730. The SMILES string of the molecule is CC(C)CNCc1nn[nH]n1. The summed E-state index contributed by atoms with van der Waals surface area (Å²) in [7, 11) is 0. The molecule has 0 saturated carbocycles. The lowest BCUT2D eigenvalue weighted by Crippen LogP contribution is -2.19. The normalized spacial score (nSPS) is 10.8. The van der Waals surface area contributed by atoms with Crippen molar-refractivity contribution < 1.29 is 0 Å². The van der Waals surface area contributed by atoms with Crippen molar-refractivity contribution in [1.82, 2.24) is 25.9 Å². The second kappa shape index (κ2) is 4.02. The summed E-state index contributed by atoms with van der Waals surface area (Å²) in [5, 5.41) is 16.7. The van der Waals surface area contributed by atoms with Crippen LogP contribution in [0.2, 0.25) is 0 Å². The summed E-state index contributed by atoms with van der Waals surface area (Å²) in [6, 6.07) is 0. The van der Waals surface area contributed by atoms with Gasteiger partial charge in [0, 0.05) is 0 Å². The van der Waals surface area contributed by atoms with E-state index in [-0.39, 0.29) is 0 Å². The predicted molar refractivity (Wildman–Crippen MR) is 40.7 cm³/mol. The van der Waals surface area contributed by atoms with E-state index >= 15 is 0 Å². The molecule has 5 nitrogen and oxygen atoms in total. The summed E-state index contributed by atoms with van der Waals surface area (Å²) in [6.07, 6.45) is 0. The third-order valence-corrected chi connectivity index (χ3v) is 1.22. The molecule has 1 rings (SSSR count). The molecule has 0 saturated heterocycles. The Hall–Kier alpha value is -0.970. The fraction of sp³-hybridized carbons (Fsp3) is 0.833. The van der Waals surface area contributed by atoms with Crippen LogP contribution >= 0.6 is 0 Å². The Morgan fingerprint density at radius 2 is 2.36 bits per heavy atom. The van der Waals surface area contributed by atoms with Crippen molar-refractivity contribution in [2.45, 2.75) is 20.4 Å². The minimum absolute atomic E-state index is 0.655. The largest absolute Gasteiger partial charge is 0.309 e. The highest BCUT2D eigenvalue weighted by atomic mass is 15.5. The molecule has 0 aliphatic heterocycles. The number of H-pyrrole nitrogens is 1. The molecule has 0 unspecified atom stereocenters. The van der Waals surface area contributed by atoms with Crippen LogP contribution in [0.4, 0.5) is 0 Å². The molecule has 2 N–H and O–H groups in total. The van der Waals surface area contributed by atoms with Gasteiger partial charge in [-0.25, -0.2) is 0 Å². The highest BCUT2D eigenvalue weighted by Gasteiger charge is 1.97. The maximum Gasteiger partial charge on any atom is 0.188 e. The third-order valence-electron chi connectivity index (χ3n) is 1.22. The lowest BCUT2D eigenvalue weighted by molar-refractivity contribution is 0.543. The first-order valence-corrected chi connectivity index (χ1v) is 3.72. The van der Waals surface area contributed by atoms with Crippen LogP contribution in [0.15, 0.2) is 0 Å². The molecule has 1 heterocycles. The number of nitrogens with zero attached hydrogens (tertiary/aromatic N) is 3. The van der Waals surface area contributed by atoms with E-state index in [4.69, 9.17) is 0 Å². The van der Waals surface area contributed by atoms with Gasteiger partial charge >= 0.3 is 0 Å². The van der Waals surface area contributed by atoms with Crippen LogP contribution in [-0.4, -0.2) is 27.2 Å². The topological polar surface area (TPSA) is 66.5 Å². The van der Waals surface area contributed by atoms with Gasteiger partial charge in [0.15, 0.2) is 5.82 Å². The van der Waals surface area contributed by atoms with E-state index in [2.05, 4.69) is 39.8 Å². The lowest BCUT2D eigenvalue weighted by atomic mass is 10.2. The van der Waals surface area contributed by atoms with Crippen LogP contribution in [0.1, 0.15) is 19.7 Å². The smallest absolute Gasteiger partial charge is 0.188 e. The molecule has 0 amide bonds. The Labute approximate surface area is 65.6 Å². The molecule has 0 aliphatic rings. The second-order valence-electron chi connectivity index (χ2n) is 2.85. The van der Waals surface area contributed by atoms with Gasteiger partial charge in [-0.3, -0.25) is 0 Å². The number of aromatic nitrogens is 4. The van der Waals surface area contributed by atoms with Crippen LogP contribution in [0.25, 0.3) is 0 Å². The summed E-state index contributed by atoms with van der Waals surface area (Å²) >= 11 is 0. The van der Waals surface area contributed by atoms with E-state index in [0.29, 0.717) is 18.3 Å². The molecule has 1 aromatic rings. The minimum Gasteiger partial charge on any atom is -0.309 e. The molecule has 0 fully saturated rings. The molecule has 5 heteroatoms. The first kappa shape index (κ1) is 8.13. The third kappa shape index (κ3) is 3.08. The predicted octanol–water partition coefficient (Wildman–Crippen LogP) is -0.0547.